The fourth-order valence-electron chi connectivity index (χ4n) is 1.78. The van der Waals surface area contributed by atoms with Crippen molar-refractivity contribution in [3.63, 3.8) is 0 Å². The lowest BCUT2D eigenvalue weighted by atomic mass is 9.94. The first-order valence-electron chi connectivity index (χ1n) is 6.87. The predicted octanol–water partition coefficient (Wildman–Crippen LogP) is 1.98. The van der Waals surface area contributed by atoms with E-state index in [4.69, 9.17) is 10.2 Å². The molecular weight excluding hydrogens is 262 g/mol. The van der Waals surface area contributed by atoms with E-state index >= 15 is 0 Å². The molecule has 20 heavy (non-hydrogen) atoms. The minimum atomic E-state index is -0.928. The number of hydrogen-bond donors (Lipinski definition) is 2. The Hall–Kier alpha value is -1.59. The number of carbonyl (C=O) groups is 3. The maximum atomic E-state index is 12.2. The Morgan fingerprint density at radius 3 is 1.85 bits per heavy atom. The number of carbonyl (C=O) groups excluding carboxylic acids is 1. The molecule has 0 atom stereocenters. The third-order valence-electron chi connectivity index (χ3n) is 2.84. The van der Waals surface area contributed by atoms with E-state index in [-0.39, 0.29) is 25.3 Å². The Morgan fingerprint density at radius 1 is 0.850 bits per heavy atom. The molecule has 0 aromatic carbocycles. The van der Waals surface area contributed by atoms with Gasteiger partial charge in [-0.3, -0.25) is 14.4 Å². The normalized spacial score (nSPS) is 11.2. The van der Waals surface area contributed by atoms with E-state index in [0.717, 1.165) is 0 Å². The highest BCUT2D eigenvalue weighted by Crippen LogP contribution is 2.18. The van der Waals surface area contributed by atoms with Crippen molar-refractivity contribution in [2.45, 2.75) is 52.9 Å². The van der Waals surface area contributed by atoms with Gasteiger partial charge in [0.15, 0.2) is 0 Å². The van der Waals surface area contributed by atoms with Gasteiger partial charge in [-0.05, 0) is 12.8 Å². The summed E-state index contributed by atoms with van der Waals surface area (Å²) in [4.78, 5) is 34.8. The van der Waals surface area contributed by atoms with Crippen molar-refractivity contribution in [2.75, 3.05) is 13.1 Å². The Morgan fingerprint density at radius 2 is 1.40 bits per heavy atom. The van der Waals surface area contributed by atoms with E-state index < -0.39 is 17.4 Å². The van der Waals surface area contributed by atoms with Crippen molar-refractivity contribution in [3.8, 4) is 0 Å². The van der Waals surface area contributed by atoms with Gasteiger partial charge in [-0.1, -0.05) is 27.2 Å². The third-order valence-corrected chi connectivity index (χ3v) is 2.84. The summed E-state index contributed by atoms with van der Waals surface area (Å²) in [5.74, 6) is -1.82. The van der Waals surface area contributed by atoms with E-state index in [2.05, 4.69) is 0 Å². The molecule has 1 amide bonds. The summed E-state index contributed by atoms with van der Waals surface area (Å²) in [5, 5.41) is 17.2. The van der Waals surface area contributed by atoms with E-state index in [1.807, 2.05) is 0 Å². The Labute approximate surface area is 119 Å². The zero-order valence-corrected chi connectivity index (χ0v) is 12.5. The number of carboxylic acids is 2. The van der Waals surface area contributed by atoms with Gasteiger partial charge in [0.1, 0.15) is 0 Å². The van der Waals surface area contributed by atoms with Crippen LogP contribution >= 0.6 is 0 Å². The number of rotatable bonds is 9. The van der Waals surface area contributed by atoms with Crippen LogP contribution in [0.1, 0.15) is 52.9 Å². The average molecular weight is 287 g/mol. The molecule has 0 heterocycles. The second kappa shape index (κ2) is 8.55. The highest BCUT2D eigenvalue weighted by atomic mass is 16.4. The fraction of sp³-hybridized carbons (Fsp3) is 0.786. The predicted molar refractivity (Wildman–Crippen MR) is 74.4 cm³/mol. The van der Waals surface area contributed by atoms with E-state index in [1.165, 1.54) is 0 Å². The molecule has 0 saturated carbocycles. The maximum absolute atomic E-state index is 12.2. The van der Waals surface area contributed by atoms with Crippen molar-refractivity contribution in [3.05, 3.63) is 0 Å². The minimum absolute atomic E-state index is 0.0722. The van der Waals surface area contributed by atoms with Gasteiger partial charge in [-0.15, -0.1) is 0 Å². The molecule has 0 aliphatic heterocycles. The minimum Gasteiger partial charge on any atom is -0.481 e. The van der Waals surface area contributed by atoms with Crippen molar-refractivity contribution < 1.29 is 24.6 Å². The molecule has 0 spiro atoms. The average Bonchev–Trinajstić information content (AvgIpc) is 2.29. The van der Waals surface area contributed by atoms with Crippen molar-refractivity contribution in [2.24, 2.45) is 5.41 Å². The molecule has 0 bridgehead atoms. The first kappa shape index (κ1) is 18.4. The van der Waals surface area contributed by atoms with Crippen molar-refractivity contribution in [1.29, 1.82) is 0 Å². The van der Waals surface area contributed by atoms with Gasteiger partial charge in [-0.2, -0.15) is 0 Å². The zero-order valence-electron chi connectivity index (χ0n) is 12.5. The van der Waals surface area contributed by atoms with Gasteiger partial charge >= 0.3 is 11.9 Å². The molecule has 116 valence electrons. The van der Waals surface area contributed by atoms with Crippen LogP contribution in [0.4, 0.5) is 0 Å². The molecule has 0 unspecified atom stereocenters. The van der Waals surface area contributed by atoms with E-state index in [0.29, 0.717) is 25.8 Å². The van der Waals surface area contributed by atoms with E-state index in [1.54, 1.807) is 25.7 Å². The summed E-state index contributed by atoms with van der Waals surface area (Å²) in [7, 11) is 0. The number of nitrogens with zero attached hydrogens (tertiary/aromatic N) is 1. The lowest BCUT2D eigenvalue weighted by molar-refractivity contribution is -0.142. The van der Waals surface area contributed by atoms with Crippen LogP contribution in [0.15, 0.2) is 0 Å². The molecule has 6 nitrogen and oxygen atoms in total. The van der Waals surface area contributed by atoms with Gasteiger partial charge in [-0.25, -0.2) is 0 Å². The zero-order chi connectivity index (χ0) is 15.8. The summed E-state index contributed by atoms with van der Waals surface area (Å²) in [6.07, 6.45) is 2.03. The van der Waals surface area contributed by atoms with Crippen LogP contribution < -0.4 is 0 Å². The molecule has 0 radical (unpaired) electrons. The van der Waals surface area contributed by atoms with Crippen LogP contribution in [0.3, 0.4) is 0 Å². The van der Waals surface area contributed by atoms with Crippen molar-refractivity contribution in [1.82, 2.24) is 4.90 Å². The standard InChI is InChI=1S/C14H25NO5/c1-14(2,3)13(20)15(10-8-12(18)19)9-6-4-5-7-11(16)17/h4-10H2,1-3H3,(H,16,17)(H,18,19). The number of aliphatic carboxylic acids is 2. The largest absolute Gasteiger partial charge is 0.481 e. The Balaban J connectivity index is 4.28. The number of carboxylic acid groups (broad SMARTS) is 2. The van der Waals surface area contributed by atoms with Gasteiger partial charge in [0.2, 0.25) is 5.91 Å². The molecule has 0 saturated heterocycles. The van der Waals surface area contributed by atoms with Gasteiger partial charge in [0.05, 0.1) is 6.42 Å². The third kappa shape index (κ3) is 8.50. The summed E-state index contributed by atoms with van der Waals surface area (Å²) in [6.45, 7) is 6.07. The Bertz CT molecular complexity index is 346. The van der Waals surface area contributed by atoms with Crippen LogP contribution in [0.2, 0.25) is 0 Å². The fourth-order valence-corrected chi connectivity index (χ4v) is 1.78. The van der Waals surface area contributed by atoms with Crippen LogP contribution in [0.25, 0.3) is 0 Å². The van der Waals surface area contributed by atoms with E-state index in [9.17, 15) is 14.4 Å². The summed E-state index contributed by atoms with van der Waals surface area (Å²) < 4.78 is 0. The number of hydrogen-bond acceptors (Lipinski definition) is 3. The Kier molecular flexibility index (Phi) is 7.87. The van der Waals surface area contributed by atoms with Crippen LogP contribution in [-0.2, 0) is 14.4 Å². The highest BCUT2D eigenvalue weighted by Gasteiger charge is 2.27. The number of amides is 1. The van der Waals surface area contributed by atoms with Gasteiger partial charge in [0.25, 0.3) is 0 Å². The maximum Gasteiger partial charge on any atom is 0.305 e. The highest BCUT2D eigenvalue weighted by molar-refractivity contribution is 5.82. The summed E-state index contributed by atoms with van der Waals surface area (Å²) in [6, 6.07) is 0. The molecule has 0 rings (SSSR count). The first-order chi connectivity index (χ1) is 9.14. The van der Waals surface area contributed by atoms with Crippen LogP contribution in [0, 0.1) is 5.41 Å². The molecule has 0 fully saturated rings. The molecule has 0 aliphatic rings. The molecule has 0 aliphatic carbocycles. The van der Waals surface area contributed by atoms with Crippen molar-refractivity contribution >= 4 is 17.8 Å². The molecule has 0 aromatic rings. The monoisotopic (exact) mass is 287 g/mol. The summed E-state index contributed by atoms with van der Waals surface area (Å²) >= 11 is 0. The lowest BCUT2D eigenvalue weighted by Crippen LogP contribution is -2.41. The van der Waals surface area contributed by atoms with Crippen LogP contribution in [0.5, 0.6) is 0 Å². The quantitative estimate of drug-likeness (QED) is 0.632. The van der Waals surface area contributed by atoms with Crippen LogP contribution in [-0.4, -0.2) is 46.0 Å². The molecular formula is C14H25NO5. The first-order valence-corrected chi connectivity index (χ1v) is 6.87. The van der Waals surface area contributed by atoms with Gasteiger partial charge in [0, 0.05) is 24.9 Å². The lowest BCUT2D eigenvalue weighted by Gasteiger charge is -2.29. The number of unbranched alkanes of at least 4 members (excludes halogenated alkanes) is 2. The molecule has 2 N–H and O–H groups in total. The second-order valence-corrected chi connectivity index (χ2v) is 5.89. The molecule has 6 heteroatoms. The SMILES string of the molecule is CC(C)(C)C(=O)N(CCCCCC(=O)O)CCC(=O)O. The summed E-state index contributed by atoms with van der Waals surface area (Å²) in [5.41, 5.74) is -0.542. The second-order valence-electron chi connectivity index (χ2n) is 5.89. The topological polar surface area (TPSA) is 94.9 Å². The molecule has 0 aromatic heterocycles. The smallest absolute Gasteiger partial charge is 0.305 e. The van der Waals surface area contributed by atoms with Gasteiger partial charge < -0.3 is 15.1 Å².